The van der Waals surface area contributed by atoms with Crippen LogP contribution in [0.3, 0.4) is 0 Å². The van der Waals surface area contributed by atoms with Gasteiger partial charge in [0.2, 0.25) is 0 Å². The van der Waals surface area contributed by atoms with Crippen LogP contribution >= 0.6 is 11.8 Å². The number of aromatic amines is 1. The lowest BCUT2D eigenvalue weighted by Crippen LogP contribution is -2.06. The molecule has 7 nitrogen and oxygen atoms in total. The molecule has 0 saturated heterocycles. The lowest BCUT2D eigenvalue weighted by Gasteiger charge is -2.14. The molecule has 8 heteroatoms. The van der Waals surface area contributed by atoms with Gasteiger partial charge in [-0.25, -0.2) is 15.1 Å². The van der Waals surface area contributed by atoms with E-state index in [1.807, 2.05) is 31.4 Å². The summed E-state index contributed by atoms with van der Waals surface area (Å²) >= 11 is 1.63. The van der Waals surface area contributed by atoms with Crippen LogP contribution in [0.1, 0.15) is 46.5 Å². The molecule has 0 fully saturated rings. The smallest absolute Gasteiger partial charge is 0.186 e. The summed E-state index contributed by atoms with van der Waals surface area (Å²) in [7, 11) is 0. The average Bonchev–Trinajstić information content (AvgIpc) is 3.52. The Bertz CT molecular complexity index is 1480. The Labute approximate surface area is 208 Å². The zero-order chi connectivity index (χ0) is 24.4. The second kappa shape index (κ2) is 9.84. The van der Waals surface area contributed by atoms with Gasteiger partial charge < -0.3 is 4.57 Å². The number of rotatable bonds is 7. The van der Waals surface area contributed by atoms with E-state index in [9.17, 15) is 0 Å². The van der Waals surface area contributed by atoms with E-state index in [1.165, 1.54) is 11.1 Å². The number of nitrogens with zero attached hydrogens (tertiary/aromatic N) is 6. The number of benzene rings is 2. The molecule has 0 aliphatic heterocycles. The van der Waals surface area contributed by atoms with Crippen molar-refractivity contribution in [3.63, 3.8) is 0 Å². The number of hydrogen-bond acceptors (Lipinski definition) is 6. The molecule has 3 aromatic heterocycles. The normalized spacial score (nSPS) is 12.2. The predicted molar refractivity (Wildman–Crippen MR) is 142 cm³/mol. The minimum Gasteiger partial charge on any atom is -0.308 e. The van der Waals surface area contributed by atoms with Gasteiger partial charge in [-0.15, -0.1) is 16.9 Å². The third-order valence-electron chi connectivity index (χ3n) is 6.05. The number of thioether (sulfide) groups is 1. The van der Waals surface area contributed by atoms with Gasteiger partial charge in [-0.2, -0.15) is 0 Å². The molecule has 1 N–H and O–H groups in total. The Morgan fingerprint density at radius 2 is 1.71 bits per heavy atom. The first kappa shape index (κ1) is 23.0. The molecule has 0 bridgehead atoms. The number of pyridine rings is 1. The Balaban J connectivity index is 1.56. The minimum atomic E-state index is 0.662. The molecule has 0 aliphatic rings. The van der Waals surface area contributed by atoms with Crippen LogP contribution in [-0.4, -0.2) is 41.4 Å². The number of nitrogens with one attached hydrogen (secondary N) is 1. The Hall–Kier alpha value is -3.78. The van der Waals surface area contributed by atoms with Gasteiger partial charge in [-0.3, -0.25) is 0 Å². The van der Waals surface area contributed by atoms with Crippen molar-refractivity contribution in [3.05, 3.63) is 100 Å². The molecule has 0 spiro atoms. The highest BCUT2D eigenvalue weighted by atomic mass is 32.2. The van der Waals surface area contributed by atoms with Crippen LogP contribution in [0.15, 0.2) is 60.7 Å². The van der Waals surface area contributed by atoms with E-state index in [0.29, 0.717) is 5.82 Å². The summed E-state index contributed by atoms with van der Waals surface area (Å²) in [5.41, 5.74) is 8.64. The summed E-state index contributed by atoms with van der Waals surface area (Å²) < 4.78 is 2.24. The largest absolute Gasteiger partial charge is 0.308 e. The Kier molecular flexibility index (Phi) is 6.46. The van der Waals surface area contributed by atoms with Crippen LogP contribution in [0.2, 0.25) is 0 Å². The highest BCUT2D eigenvalue weighted by Gasteiger charge is 2.17. The topological polar surface area (TPSA) is 85.2 Å². The molecule has 0 amide bonds. The summed E-state index contributed by atoms with van der Waals surface area (Å²) in [4.78, 5) is 10.7. The molecule has 0 unspecified atom stereocenters. The fraction of sp³-hybridized carbons (Fsp3) is 0.222. The van der Waals surface area contributed by atoms with E-state index in [4.69, 9.17) is 9.97 Å². The molecule has 5 aromatic rings. The van der Waals surface area contributed by atoms with Crippen LogP contribution in [0, 0.1) is 13.8 Å². The summed E-state index contributed by atoms with van der Waals surface area (Å²) in [5, 5.41) is 14.7. The first-order valence-corrected chi connectivity index (χ1v) is 12.8. The van der Waals surface area contributed by atoms with E-state index in [0.717, 1.165) is 57.3 Å². The maximum atomic E-state index is 4.88. The van der Waals surface area contributed by atoms with Gasteiger partial charge in [-0.1, -0.05) is 61.5 Å². The molecule has 5 rings (SSSR count). The Morgan fingerprint density at radius 3 is 2.37 bits per heavy atom. The van der Waals surface area contributed by atoms with Crippen LogP contribution in [0.4, 0.5) is 0 Å². The lowest BCUT2D eigenvalue weighted by molar-refractivity contribution is 0.745. The highest BCUT2D eigenvalue weighted by molar-refractivity contribution is 8.07. The first-order chi connectivity index (χ1) is 17.1. The SMILES string of the molecule is CCc1nc2c(C)cc(C)nc2n1Cc1ccc(/C(=C(/SC)c2nnn[nH]2)c2ccccc2)cc1. The van der Waals surface area contributed by atoms with Crippen molar-refractivity contribution in [2.24, 2.45) is 0 Å². The maximum Gasteiger partial charge on any atom is 0.186 e. The number of imidazole rings is 1. The zero-order valence-electron chi connectivity index (χ0n) is 20.3. The van der Waals surface area contributed by atoms with Crippen molar-refractivity contribution in [3.8, 4) is 0 Å². The van der Waals surface area contributed by atoms with E-state index in [1.54, 1.807) is 11.8 Å². The molecule has 0 saturated carbocycles. The van der Waals surface area contributed by atoms with Crippen LogP contribution in [0.25, 0.3) is 21.6 Å². The number of H-pyrrole nitrogens is 1. The first-order valence-electron chi connectivity index (χ1n) is 11.6. The molecule has 0 radical (unpaired) electrons. The molecule has 35 heavy (non-hydrogen) atoms. The van der Waals surface area contributed by atoms with E-state index in [-0.39, 0.29) is 0 Å². The van der Waals surface area contributed by atoms with Crippen molar-refractivity contribution < 1.29 is 0 Å². The zero-order valence-corrected chi connectivity index (χ0v) is 21.1. The van der Waals surface area contributed by atoms with Crippen LogP contribution in [-0.2, 0) is 13.0 Å². The summed E-state index contributed by atoms with van der Waals surface area (Å²) in [6, 6.07) is 21.2. The maximum absolute atomic E-state index is 4.88. The summed E-state index contributed by atoms with van der Waals surface area (Å²) in [5.74, 6) is 1.72. The van der Waals surface area contributed by atoms with Gasteiger partial charge in [0.15, 0.2) is 11.5 Å². The second-order valence-electron chi connectivity index (χ2n) is 8.44. The van der Waals surface area contributed by atoms with Crippen molar-refractivity contribution in [2.45, 2.75) is 33.7 Å². The average molecular weight is 482 g/mol. The van der Waals surface area contributed by atoms with E-state index < -0.39 is 0 Å². The third-order valence-corrected chi connectivity index (χ3v) is 6.86. The molecule has 0 atom stereocenters. The van der Waals surface area contributed by atoms with Gasteiger partial charge in [0.05, 0.1) is 11.4 Å². The third kappa shape index (κ3) is 4.49. The van der Waals surface area contributed by atoms with Gasteiger partial charge in [-0.05, 0) is 58.9 Å². The van der Waals surface area contributed by atoms with Gasteiger partial charge >= 0.3 is 0 Å². The summed E-state index contributed by atoms with van der Waals surface area (Å²) in [6.45, 7) is 7.01. The lowest BCUT2D eigenvalue weighted by atomic mass is 9.96. The molecular weight excluding hydrogens is 454 g/mol. The van der Waals surface area contributed by atoms with Crippen LogP contribution in [0.5, 0.6) is 0 Å². The second-order valence-corrected chi connectivity index (χ2v) is 9.26. The van der Waals surface area contributed by atoms with Gasteiger partial charge in [0.25, 0.3) is 0 Å². The summed E-state index contributed by atoms with van der Waals surface area (Å²) in [6.07, 6.45) is 2.90. The van der Waals surface area contributed by atoms with Crippen LogP contribution < -0.4 is 0 Å². The van der Waals surface area contributed by atoms with E-state index >= 15 is 0 Å². The van der Waals surface area contributed by atoms with E-state index in [2.05, 4.69) is 81.5 Å². The number of fused-ring (bicyclic) bond motifs is 1. The minimum absolute atomic E-state index is 0.662. The number of hydrogen-bond donors (Lipinski definition) is 1. The molecule has 3 heterocycles. The fourth-order valence-electron chi connectivity index (χ4n) is 4.45. The molecular formula is C27H27N7S. The Morgan fingerprint density at radius 1 is 0.971 bits per heavy atom. The molecule has 0 aliphatic carbocycles. The molecule has 176 valence electrons. The number of aryl methyl sites for hydroxylation is 3. The van der Waals surface area contributed by atoms with Crippen molar-refractivity contribution in [2.75, 3.05) is 6.26 Å². The fourth-order valence-corrected chi connectivity index (χ4v) is 5.17. The van der Waals surface area contributed by atoms with Crippen molar-refractivity contribution in [1.29, 1.82) is 0 Å². The predicted octanol–water partition coefficient (Wildman–Crippen LogP) is 5.45. The number of tetrazole rings is 1. The van der Waals surface area contributed by atoms with Crippen molar-refractivity contribution >= 4 is 33.4 Å². The highest BCUT2D eigenvalue weighted by Crippen LogP contribution is 2.36. The standard InChI is InChI=1S/C27H27N7S/c1-5-22-29-24-17(2)15-18(3)28-27(24)34(22)16-19-11-13-21(14-12-19)23(20-9-7-6-8-10-20)25(35-4)26-30-32-33-31-26/h6-15H,5,16H2,1-4H3,(H,30,31,32,33)/b25-23+. The van der Waals surface area contributed by atoms with Crippen molar-refractivity contribution in [1.82, 2.24) is 35.2 Å². The number of aromatic nitrogens is 7. The van der Waals surface area contributed by atoms with Gasteiger partial charge in [0, 0.05) is 17.7 Å². The van der Waals surface area contributed by atoms with Gasteiger partial charge in [0.1, 0.15) is 11.3 Å². The monoisotopic (exact) mass is 481 g/mol. The quantitative estimate of drug-likeness (QED) is 0.333. The molecule has 2 aromatic carbocycles.